The molecule has 4 atom stereocenters. The van der Waals surface area contributed by atoms with Crippen molar-refractivity contribution in [3.05, 3.63) is 12.7 Å². The van der Waals surface area contributed by atoms with E-state index in [1.807, 2.05) is 0 Å². The zero-order valence-corrected chi connectivity index (χ0v) is 14.2. The van der Waals surface area contributed by atoms with Gasteiger partial charge in [0.05, 0.1) is 12.9 Å². The first kappa shape index (κ1) is 18.0. The fourth-order valence-corrected chi connectivity index (χ4v) is 3.04. The van der Waals surface area contributed by atoms with E-state index in [0.717, 1.165) is 19.4 Å². The highest BCUT2D eigenvalue weighted by molar-refractivity contribution is 5.82. The Labute approximate surface area is 145 Å². The number of ether oxygens (including phenoxy) is 1. The summed E-state index contributed by atoms with van der Waals surface area (Å²) in [5.41, 5.74) is 1.08. The van der Waals surface area contributed by atoms with E-state index < -0.39 is 24.5 Å². The molecule has 1 aliphatic rings. The number of aromatic nitrogens is 4. The minimum Gasteiger partial charge on any atom is -0.394 e. The Morgan fingerprint density at radius 3 is 2.72 bits per heavy atom. The van der Waals surface area contributed by atoms with E-state index in [0.29, 0.717) is 17.0 Å². The highest BCUT2D eigenvalue weighted by Gasteiger charge is 2.44. The molecule has 0 amide bonds. The van der Waals surface area contributed by atoms with Crippen LogP contribution in [-0.2, 0) is 4.74 Å². The van der Waals surface area contributed by atoms with Crippen LogP contribution in [0.2, 0.25) is 0 Å². The van der Waals surface area contributed by atoms with Gasteiger partial charge in [0.1, 0.15) is 24.6 Å². The minimum atomic E-state index is -1.17. The molecule has 1 fully saturated rings. The number of unbranched alkanes of at least 4 members (excludes halogenated alkanes) is 3. The van der Waals surface area contributed by atoms with E-state index in [2.05, 4.69) is 27.2 Å². The molecule has 1 aliphatic heterocycles. The summed E-state index contributed by atoms with van der Waals surface area (Å²) < 4.78 is 7.10. The van der Waals surface area contributed by atoms with Gasteiger partial charge in [-0.25, -0.2) is 15.0 Å². The number of aliphatic hydroxyl groups is 3. The van der Waals surface area contributed by atoms with Gasteiger partial charge in [-0.1, -0.05) is 26.2 Å². The molecule has 138 valence electrons. The maximum atomic E-state index is 10.2. The summed E-state index contributed by atoms with van der Waals surface area (Å²) in [7, 11) is 0. The van der Waals surface area contributed by atoms with Crippen LogP contribution >= 0.6 is 0 Å². The van der Waals surface area contributed by atoms with Crippen LogP contribution < -0.4 is 5.32 Å². The lowest BCUT2D eigenvalue weighted by atomic mass is 10.1. The van der Waals surface area contributed by atoms with Crippen LogP contribution in [0, 0.1) is 0 Å². The molecular weight excluding hydrogens is 326 g/mol. The van der Waals surface area contributed by atoms with Crippen molar-refractivity contribution in [2.45, 2.75) is 57.1 Å². The fraction of sp³-hybridized carbons (Fsp3) is 0.688. The molecule has 3 rings (SSSR count). The first-order valence-electron chi connectivity index (χ1n) is 8.71. The lowest BCUT2D eigenvalue weighted by Gasteiger charge is -2.16. The van der Waals surface area contributed by atoms with Gasteiger partial charge in [0.2, 0.25) is 0 Å². The van der Waals surface area contributed by atoms with Crippen molar-refractivity contribution in [2.75, 3.05) is 18.5 Å². The minimum absolute atomic E-state index is 0.374. The largest absolute Gasteiger partial charge is 0.394 e. The lowest BCUT2D eigenvalue weighted by Crippen LogP contribution is -2.33. The van der Waals surface area contributed by atoms with Gasteiger partial charge in [-0.05, 0) is 6.42 Å². The summed E-state index contributed by atoms with van der Waals surface area (Å²) in [5, 5.41) is 32.6. The van der Waals surface area contributed by atoms with Crippen molar-refractivity contribution in [1.82, 2.24) is 19.5 Å². The lowest BCUT2D eigenvalue weighted by molar-refractivity contribution is -0.0511. The molecule has 2 aromatic heterocycles. The smallest absolute Gasteiger partial charge is 0.167 e. The molecule has 25 heavy (non-hydrogen) atoms. The number of hydrogen-bond donors (Lipinski definition) is 4. The highest BCUT2D eigenvalue weighted by Crippen LogP contribution is 2.32. The van der Waals surface area contributed by atoms with Crippen molar-refractivity contribution in [3.63, 3.8) is 0 Å². The van der Waals surface area contributed by atoms with Gasteiger partial charge in [0.25, 0.3) is 0 Å². The maximum Gasteiger partial charge on any atom is 0.167 e. The van der Waals surface area contributed by atoms with Crippen molar-refractivity contribution in [2.24, 2.45) is 0 Å². The zero-order valence-electron chi connectivity index (χ0n) is 14.2. The Kier molecular flexibility index (Phi) is 5.79. The molecule has 3 heterocycles. The molecule has 9 nitrogen and oxygen atoms in total. The number of hydrogen-bond acceptors (Lipinski definition) is 8. The standard InChI is InChI=1S/C16H25N5O4/c1-2-3-4-5-6-17-14-11-15(19-8-18-14)21(9-20-11)16-13(24)12(23)10(7-22)25-16/h8-10,12-13,16,22-24H,2-7H2,1H3,(H,17,18,19)/t10-,12-,13-,16?/m1/s1. The van der Waals surface area contributed by atoms with E-state index in [9.17, 15) is 15.3 Å². The van der Waals surface area contributed by atoms with Crippen LogP contribution in [0.4, 0.5) is 5.82 Å². The van der Waals surface area contributed by atoms with Crippen molar-refractivity contribution in [3.8, 4) is 0 Å². The third kappa shape index (κ3) is 3.59. The van der Waals surface area contributed by atoms with Gasteiger partial charge >= 0.3 is 0 Å². The van der Waals surface area contributed by atoms with Crippen LogP contribution in [0.25, 0.3) is 11.2 Å². The summed E-state index contributed by atoms with van der Waals surface area (Å²) >= 11 is 0. The maximum absolute atomic E-state index is 10.2. The molecule has 9 heteroatoms. The average Bonchev–Trinajstić information content (AvgIpc) is 3.17. The van der Waals surface area contributed by atoms with Gasteiger partial charge in [-0.15, -0.1) is 0 Å². The number of anilines is 1. The van der Waals surface area contributed by atoms with Crippen molar-refractivity contribution >= 4 is 17.0 Å². The highest BCUT2D eigenvalue weighted by atomic mass is 16.6. The summed E-state index contributed by atoms with van der Waals surface area (Å²) in [5.74, 6) is 0.631. The van der Waals surface area contributed by atoms with Crippen LogP contribution in [0.1, 0.15) is 38.8 Å². The van der Waals surface area contributed by atoms with Gasteiger partial charge < -0.3 is 25.4 Å². The summed E-state index contributed by atoms with van der Waals surface area (Å²) in [6.07, 6.45) is 3.51. The number of fused-ring (bicyclic) bond motifs is 1. The van der Waals surface area contributed by atoms with Crippen LogP contribution in [0.3, 0.4) is 0 Å². The fourth-order valence-electron chi connectivity index (χ4n) is 3.04. The molecule has 0 aliphatic carbocycles. The number of rotatable bonds is 8. The number of aliphatic hydroxyl groups excluding tert-OH is 3. The summed E-state index contributed by atoms with van der Waals surface area (Å²) in [6.45, 7) is 2.60. The number of imidazole rings is 1. The van der Waals surface area contributed by atoms with E-state index >= 15 is 0 Å². The second-order valence-corrected chi connectivity index (χ2v) is 6.26. The molecule has 4 N–H and O–H groups in total. The predicted octanol–water partition coefficient (Wildman–Crippen LogP) is 0.430. The SMILES string of the molecule is CCCCCCNc1ncnc2c1ncn2C1O[C@H](CO)[C@@H](O)[C@H]1O. The van der Waals surface area contributed by atoms with Crippen LogP contribution in [0.15, 0.2) is 12.7 Å². The Hall–Kier alpha value is -1.81. The molecule has 0 aromatic carbocycles. The van der Waals surface area contributed by atoms with E-state index in [-0.39, 0.29) is 6.61 Å². The van der Waals surface area contributed by atoms with Gasteiger partial charge in [0, 0.05) is 6.54 Å². The first-order chi connectivity index (χ1) is 12.2. The van der Waals surface area contributed by atoms with Crippen molar-refractivity contribution in [1.29, 1.82) is 0 Å². The normalized spacial score (nSPS) is 26.4. The second-order valence-electron chi connectivity index (χ2n) is 6.26. The Balaban J connectivity index is 1.77. The average molecular weight is 351 g/mol. The molecule has 0 radical (unpaired) electrons. The monoisotopic (exact) mass is 351 g/mol. The molecule has 1 unspecified atom stereocenters. The Morgan fingerprint density at radius 1 is 1.16 bits per heavy atom. The molecular formula is C16H25N5O4. The zero-order chi connectivity index (χ0) is 17.8. The second kappa shape index (κ2) is 8.05. The van der Waals surface area contributed by atoms with Gasteiger partial charge in [0.15, 0.2) is 23.2 Å². The molecule has 0 bridgehead atoms. The quantitative estimate of drug-likeness (QED) is 0.505. The van der Waals surface area contributed by atoms with E-state index in [4.69, 9.17) is 4.74 Å². The van der Waals surface area contributed by atoms with E-state index in [1.165, 1.54) is 25.5 Å². The molecule has 0 spiro atoms. The van der Waals surface area contributed by atoms with Crippen LogP contribution in [0.5, 0.6) is 0 Å². The third-order valence-electron chi connectivity index (χ3n) is 4.47. The number of nitrogens with one attached hydrogen (secondary N) is 1. The Morgan fingerprint density at radius 2 is 2.00 bits per heavy atom. The topological polar surface area (TPSA) is 126 Å². The third-order valence-corrected chi connectivity index (χ3v) is 4.47. The summed E-state index contributed by atoms with van der Waals surface area (Å²) in [4.78, 5) is 12.8. The number of nitrogens with zero attached hydrogens (tertiary/aromatic N) is 4. The van der Waals surface area contributed by atoms with Gasteiger partial charge in [-0.3, -0.25) is 4.57 Å². The molecule has 2 aromatic rings. The predicted molar refractivity (Wildman–Crippen MR) is 91.0 cm³/mol. The van der Waals surface area contributed by atoms with Crippen LogP contribution in [-0.4, -0.2) is 66.3 Å². The van der Waals surface area contributed by atoms with Gasteiger partial charge in [-0.2, -0.15) is 0 Å². The van der Waals surface area contributed by atoms with Crippen molar-refractivity contribution < 1.29 is 20.1 Å². The summed E-state index contributed by atoms with van der Waals surface area (Å²) in [6, 6.07) is 0. The Bertz CT molecular complexity index is 694. The molecule has 0 saturated carbocycles. The van der Waals surface area contributed by atoms with E-state index in [1.54, 1.807) is 4.57 Å². The molecule has 1 saturated heterocycles. The first-order valence-corrected chi connectivity index (χ1v) is 8.71.